The molecule has 0 aromatic heterocycles. The number of carboxylic acid groups (broad SMARTS) is 1. The number of aliphatic carboxylic acids is 1. The van der Waals surface area contributed by atoms with Gasteiger partial charge in [0.1, 0.15) is 0 Å². The number of hydrogen-bond acceptors (Lipinski definition) is 2. The van der Waals surface area contributed by atoms with E-state index in [1.54, 1.807) is 0 Å². The van der Waals surface area contributed by atoms with Crippen molar-refractivity contribution in [2.75, 3.05) is 6.54 Å². The third kappa shape index (κ3) is 3.90. The molecule has 0 unspecified atom stereocenters. The quantitative estimate of drug-likeness (QED) is 0.508. The Balaban J connectivity index is 2.21. The van der Waals surface area contributed by atoms with Crippen LogP contribution in [0.25, 0.3) is 0 Å². The van der Waals surface area contributed by atoms with Crippen molar-refractivity contribution in [2.45, 2.75) is 25.8 Å². The van der Waals surface area contributed by atoms with Crippen molar-refractivity contribution < 1.29 is 9.90 Å². The smallest absolute Gasteiger partial charge is 0.328 e. The molecule has 0 aromatic carbocycles. The molecule has 1 aliphatic carbocycles. The molecule has 3 nitrogen and oxygen atoms in total. The Morgan fingerprint density at radius 2 is 2.23 bits per heavy atom. The zero-order valence-corrected chi connectivity index (χ0v) is 7.79. The van der Waals surface area contributed by atoms with Crippen molar-refractivity contribution in [3.05, 3.63) is 23.8 Å². The first-order valence-corrected chi connectivity index (χ1v) is 4.47. The van der Waals surface area contributed by atoms with Crippen LogP contribution in [0.3, 0.4) is 0 Å². The van der Waals surface area contributed by atoms with E-state index in [4.69, 9.17) is 5.11 Å². The minimum Gasteiger partial charge on any atom is -0.478 e. The first kappa shape index (κ1) is 9.99. The van der Waals surface area contributed by atoms with Crippen LogP contribution in [0.4, 0.5) is 0 Å². The molecule has 0 amide bonds. The number of carboxylic acids is 1. The van der Waals surface area contributed by atoms with Crippen molar-refractivity contribution >= 4 is 5.97 Å². The average Bonchev–Trinajstić information content (AvgIpc) is 2.51. The van der Waals surface area contributed by atoms with Gasteiger partial charge in [-0.2, -0.15) is 0 Å². The summed E-state index contributed by atoms with van der Waals surface area (Å²) in [6.45, 7) is 2.49. The second-order valence-corrected chi connectivity index (χ2v) is 3.35. The standard InChI is InChI=1S/C10H15NO2/c1-8(6-10(12)13)7-11-9-4-2-3-5-9/h2-3,6,9,11H,4-5,7H2,1H3,(H,12,13)/b8-6-. The predicted octanol–water partition coefficient (Wildman–Crippen LogP) is 1.33. The fraction of sp³-hybridized carbons (Fsp3) is 0.500. The van der Waals surface area contributed by atoms with E-state index in [0.29, 0.717) is 12.6 Å². The molecule has 1 rings (SSSR count). The van der Waals surface area contributed by atoms with Crippen LogP contribution in [-0.4, -0.2) is 23.7 Å². The Bertz CT molecular complexity index is 235. The maximum absolute atomic E-state index is 10.3. The molecular weight excluding hydrogens is 166 g/mol. The molecule has 0 heterocycles. The van der Waals surface area contributed by atoms with Crippen LogP contribution in [0.15, 0.2) is 23.8 Å². The van der Waals surface area contributed by atoms with Crippen LogP contribution in [0.1, 0.15) is 19.8 Å². The highest BCUT2D eigenvalue weighted by Gasteiger charge is 2.08. The Morgan fingerprint density at radius 1 is 1.62 bits per heavy atom. The van der Waals surface area contributed by atoms with Gasteiger partial charge >= 0.3 is 5.97 Å². The van der Waals surface area contributed by atoms with Gasteiger partial charge in [0.2, 0.25) is 0 Å². The van der Waals surface area contributed by atoms with Crippen LogP contribution in [0.2, 0.25) is 0 Å². The molecule has 0 saturated carbocycles. The number of carbonyl (C=O) groups is 1. The van der Waals surface area contributed by atoms with Gasteiger partial charge < -0.3 is 10.4 Å². The summed E-state index contributed by atoms with van der Waals surface area (Å²) in [5, 5.41) is 11.8. The molecule has 0 saturated heterocycles. The van der Waals surface area contributed by atoms with Crippen molar-refractivity contribution in [3.8, 4) is 0 Å². The summed E-state index contributed by atoms with van der Waals surface area (Å²) in [5.41, 5.74) is 0.861. The molecule has 3 heteroatoms. The molecule has 72 valence electrons. The summed E-state index contributed by atoms with van der Waals surface area (Å²) in [5.74, 6) is -0.871. The van der Waals surface area contributed by atoms with Gasteiger partial charge in [-0.1, -0.05) is 17.7 Å². The fourth-order valence-electron chi connectivity index (χ4n) is 1.35. The van der Waals surface area contributed by atoms with Crippen molar-refractivity contribution in [1.29, 1.82) is 0 Å². The normalized spacial score (nSPS) is 18.1. The average molecular weight is 181 g/mol. The third-order valence-electron chi connectivity index (χ3n) is 2.05. The van der Waals surface area contributed by atoms with Crippen molar-refractivity contribution in [1.82, 2.24) is 5.32 Å². The minimum absolute atomic E-state index is 0.497. The molecule has 0 aliphatic heterocycles. The molecule has 0 fully saturated rings. The summed E-state index contributed by atoms with van der Waals surface area (Å²) in [4.78, 5) is 10.3. The van der Waals surface area contributed by atoms with Gasteiger partial charge in [0, 0.05) is 18.7 Å². The number of rotatable bonds is 4. The lowest BCUT2D eigenvalue weighted by Gasteiger charge is -2.11. The second-order valence-electron chi connectivity index (χ2n) is 3.35. The maximum Gasteiger partial charge on any atom is 0.328 e. The molecule has 1 aliphatic rings. The fourth-order valence-corrected chi connectivity index (χ4v) is 1.35. The summed E-state index contributed by atoms with van der Waals surface area (Å²) in [6.07, 6.45) is 7.65. The van der Waals surface area contributed by atoms with E-state index in [2.05, 4.69) is 17.5 Å². The maximum atomic E-state index is 10.3. The van der Waals surface area contributed by atoms with E-state index < -0.39 is 5.97 Å². The highest BCUT2D eigenvalue weighted by atomic mass is 16.4. The van der Waals surface area contributed by atoms with Crippen LogP contribution < -0.4 is 5.32 Å². The summed E-state index contributed by atoms with van der Waals surface area (Å²) in [6, 6.07) is 0.497. The second kappa shape index (κ2) is 4.82. The van der Waals surface area contributed by atoms with Crippen LogP contribution in [0, 0.1) is 0 Å². The topological polar surface area (TPSA) is 49.3 Å². The molecule has 2 N–H and O–H groups in total. The molecule has 0 radical (unpaired) electrons. The van der Waals surface area contributed by atoms with Gasteiger partial charge in [-0.3, -0.25) is 0 Å². The highest BCUT2D eigenvalue weighted by molar-refractivity contribution is 5.80. The summed E-state index contributed by atoms with van der Waals surface area (Å²) >= 11 is 0. The Kier molecular flexibility index (Phi) is 3.71. The molecular formula is C10H15NO2. The molecule has 13 heavy (non-hydrogen) atoms. The minimum atomic E-state index is -0.871. The van der Waals surface area contributed by atoms with E-state index in [-0.39, 0.29) is 0 Å². The van der Waals surface area contributed by atoms with Gasteiger partial charge in [-0.25, -0.2) is 4.79 Å². The van der Waals surface area contributed by atoms with E-state index in [9.17, 15) is 4.79 Å². The van der Waals surface area contributed by atoms with Crippen LogP contribution >= 0.6 is 0 Å². The predicted molar refractivity (Wildman–Crippen MR) is 51.6 cm³/mol. The zero-order valence-electron chi connectivity index (χ0n) is 7.79. The van der Waals surface area contributed by atoms with Crippen molar-refractivity contribution in [3.63, 3.8) is 0 Å². The zero-order chi connectivity index (χ0) is 9.68. The van der Waals surface area contributed by atoms with Gasteiger partial charge in [-0.05, 0) is 19.8 Å². The Morgan fingerprint density at radius 3 is 2.77 bits per heavy atom. The third-order valence-corrected chi connectivity index (χ3v) is 2.05. The van der Waals surface area contributed by atoms with Crippen LogP contribution in [-0.2, 0) is 4.79 Å². The summed E-state index contributed by atoms with van der Waals surface area (Å²) < 4.78 is 0. The van der Waals surface area contributed by atoms with E-state index in [1.165, 1.54) is 6.08 Å². The molecule has 0 atom stereocenters. The SMILES string of the molecule is C/C(=C/C(=O)O)CNC1CC=CC1. The Labute approximate surface area is 78.1 Å². The van der Waals surface area contributed by atoms with Gasteiger partial charge in [0.05, 0.1) is 0 Å². The van der Waals surface area contributed by atoms with Crippen LogP contribution in [0.5, 0.6) is 0 Å². The van der Waals surface area contributed by atoms with E-state index in [1.807, 2.05) is 6.92 Å². The lowest BCUT2D eigenvalue weighted by molar-refractivity contribution is -0.131. The highest BCUT2D eigenvalue weighted by Crippen LogP contribution is 2.09. The molecule has 0 aromatic rings. The first-order chi connectivity index (χ1) is 6.18. The largest absolute Gasteiger partial charge is 0.478 e. The Hall–Kier alpha value is -1.09. The molecule has 0 spiro atoms. The number of nitrogens with one attached hydrogen (secondary N) is 1. The van der Waals surface area contributed by atoms with E-state index >= 15 is 0 Å². The van der Waals surface area contributed by atoms with Crippen molar-refractivity contribution in [2.24, 2.45) is 0 Å². The van der Waals surface area contributed by atoms with Gasteiger partial charge in [-0.15, -0.1) is 0 Å². The van der Waals surface area contributed by atoms with Gasteiger partial charge in [0.15, 0.2) is 0 Å². The lowest BCUT2D eigenvalue weighted by Crippen LogP contribution is -2.27. The molecule has 0 bridgehead atoms. The first-order valence-electron chi connectivity index (χ1n) is 4.47. The lowest BCUT2D eigenvalue weighted by atomic mass is 10.2. The van der Waals surface area contributed by atoms with Gasteiger partial charge in [0.25, 0.3) is 0 Å². The number of hydrogen-bond donors (Lipinski definition) is 2. The van der Waals surface area contributed by atoms with E-state index in [0.717, 1.165) is 18.4 Å². The monoisotopic (exact) mass is 181 g/mol. The summed E-state index contributed by atoms with van der Waals surface area (Å²) in [7, 11) is 0.